The molecule has 0 aliphatic carbocycles. The summed E-state index contributed by atoms with van der Waals surface area (Å²) in [4.78, 5) is 46.8. The summed E-state index contributed by atoms with van der Waals surface area (Å²) in [5.74, 6) is -1.12. The molecule has 0 radical (unpaired) electrons. The molecule has 222 valence electrons. The standard InChI is InChI=1S/C33H27BrN4O5S/c1-4-43-32(41)27-28(20-11-7-5-8-12-20)35-33-37(29(27)24-17-21(34)15-16-25(24)42-3)31(40)26(44-33)18-23-19(2)36-38(30(23)39)22-13-9-6-10-14-22/h5-18,23,29H,4H2,1-3H3/b26-18-/t23-,29+/m1/s1. The van der Waals surface area contributed by atoms with Crippen LogP contribution in [0.15, 0.2) is 104 Å². The van der Waals surface area contributed by atoms with E-state index in [4.69, 9.17) is 14.5 Å². The second-order valence-electron chi connectivity index (χ2n) is 10.0. The number of para-hydroxylation sites is 1. The first kappa shape index (κ1) is 29.5. The fourth-order valence-corrected chi connectivity index (χ4v) is 6.73. The molecule has 2 aliphatic heterocycles. The topological polar surface area (TPSA) is 103 Å². The highest BCUT2D eigenvalue weighted by molar-refractivity contribution is 9.10. The molecule has 4 aromatic rings. The molecule has 0 fully saturated rings. The third-order valence-corrected chi connectivity index (χ3v) is 8.86. The number of fused-ring (bicyclic) bond motifs is 1. The Morgan fingerprint density at radius 1 is 1.05 bits per heavy atom. The van der Waals surface area contributed by atoms with E-state index in [2.05, 4.69) is 21.0 Å². The molecule has 1 amide bonds. The Morgan fingerprint density at radius 3 is 2.43 bits per heavy atom. The summed E-state index contributed by atoms with van der Waals surface area (Å²) in [5, 5.41) is 5.84. The number of amides is 1. The van der Waals surface area contributed by atoms with E-state index in [1.807, 2.05) is 60.7 Å². The molecule has 3 heterocycles. The summed E-state index contributed by atoms with van der Waals surface area (Å²) < 4.78 is 13.8. The number of esters is 1. The van der Waals surface area contributed by atoms with E-state index in [-0.39, 0.29) is 18.1 Å². The average Bonchev–Trinajstić information content (AvgIpc) is 3.51. The van der Waals surface area contributed by atoms with Crippen LogP contribution in [0.3, 0.4) is 0 Å². The molecule has 0 spiro atoms. The Morgan fingerprint density at radius 2 is 1.75 bits per heavy atom. The zero-order valence-electron chi connectivity index (χ0n) is 24.1. The minimum absolute atomic E-state index is 0.136. The molecule has 3 aromatic carbocycles. The first-order valence-corrected chi connectivity index (χ1v) is 15.5. The summed E-state index contributed by atoms with van der Waals surface area (Å²) in [7, 11) is 1.54. The van der Waals surface area contributed by atoms with Gasteiger partial charge in [0.2, 0.25) is 0 Å². The number of nitrogens with zero attached hydrogens (tertiary/aromatic N) is 4. The van der Waals surface area contributed by atoms with Crippen molar-refractivity contribution in [2.75, 3.05) is 18.7 Å². The fraction of sp³-hybridized carbons (Fsp3) is 0.182. The van der Waals surface area contributed by atoms with Crippen LogP contribution in [0.25, 0.3) is 11.8 Å². The minimum Gasteiger partial charge on any atom is -0.496 e. The Balaban J connectivity index is 1.59. The van der Waals surface area contributed by atoms with Gasteiger partial charge in [0.1, 0.15) is 17.7 Å². The second kappa shape index (κ2) is 12.2. The molecule has 0 unspecified atom stereocenters. The van der Waals surface area contributed by atoms with Crippen LogP contribution in [0, 0.1) is 5.92 Å². The van der Waals surface area contributed by atoms with Crippen molar-refractivity contribution in [3.05, 3.63) is 120 Å². The van der Waals surface area contributed by atoms with Crippen molar-refractivity contribution in [1.29, 1.82) is 0 Å². The minimum atomic E-state index is -0.926. The van der Waals surface area contributed by atoms with Gasteiger partial charge in [-0.05, 0) is 50.3 Å². The molecule has 0 N–H and O–H groups in total. The number of thiazole rings is 1. The number of rotatable bonds is 7. The predicted octanol–water partition coefficient (Wildman–Crippen LogP) is 4.70. The molecular weight excluding hydrogens is 644 g/mol. The number of aromatic nitrogens is 1. The van der Waals surface area contributed by atoms with Crippen molar-refractivity contribution >= 4 is 62.3 Å². The van der Waals surface area contributed by atoms with E-state index in [0.717, 1.165) is 15.8 Å². The lowest BCUT2D eigenvalue weighted by Crippen LogP contribution is -2.40. The van der Waals surface area contributed by atoms with Crippen molar-refractivity contribution in [2.45, 2.75) is 19.9 Å². The van der Waals surface area contributed by atoms with E-state index in [9.17, 15) is 14.4 Å². The second-order valence-corrected chi connectivity index (χ2v) is 12.0. The van der Waals surface area contributed by atoms with Crippen LogP contribution in [0.1, 0.15) is 31.0 Å². The molecule has 2 atom stereocenters. The number of anilines is 1. The van der Waals surface area contributed by atoms with E-state index in [0.29, 0.717) is 43.3 Å². The molecule has 6 rings (SSSR count). The van der Waals surface area contributed by atoms with Crippen LogP contribution in [0.4, 0.5) is 5.69 Å². The quantitative estimate of drug-likeness (QED) is 0.265. The van der Waals surface area contributed by atoms with Crippen LogP contribution < -0.4 is 24.6 Å². The van der Waals surface area contributed by atoms with Crippen LogP contribution in [0.5, 0.6) is 5.75 Å². The molecule has 2 aliphatic rings. The number of ether oxygens (including phenoxy) is 2. The van der Waals surface area contributed by atoms with E-state index >= 15 is 0 Å². The zero-order chi connectivity index (χ0) is 31.0. The number of hydrogen-bond acceptors (Lipinski definition) is 8. The van der Waals surface area contributed by atoms with Crippen molar-refractivity contribution in [2.24, 2.45) is 16.0 Å². The summed E-state index contributed by atoms with van der Waals surface area (Å²) >= 11 is 4.70. The van der Waals surface area contributed by atoms with E-state index in [1.54, 1.807) is 38.1 Å². The maximum Gasteiger partial charge on any atom is 0.338 e. The largest absolute Gasteiger partial charge is 0.496 e. The lowest BCUT2D eigenvalue weighted by atomic mass is 9.92. The molecule has 1 aromatic heterocycles. The van der Waals surface area contributed by atoms with Gasteiger partial charge in [0, 0.05) is 15.6 Å². The van der Waals surface area contributed by atoms with Gasteiger partial charge in [-0.1, -0.05) is 75.8 Å². The van der Waals surface area contributed by atoms with Gasteiger partial charge >= 0.3 is 5.97 Å². The smallest absolute Gasteiger partial charge is 0.338 e. The first-order valence-electron chi connectivity index (χ1n) is 13.9. The third kappa shape index (κ3) is 5.22. The van der Waals surface area contributed by atoms with Gasteiger partial charge in [-0.3, -0.25) is 14.2 Å². The fourth-order valence-electron chi connectivity index (χ4n) is 5.34. The predicted molar refractivity (Wildman–Crippen MR) is 173 cm³/mol. The van der Waals surface area contributed by atoms with E-state index < -0.39 is 23.5 Å². The molecule has 0 saturated carbocycles. The van der Waals surface area contributed by atoms with Gasteiger partial charge in [0.25, 0.3) is 11.5 Å². The number of benzene rings is 3. The summed E-state index contributed by atoms with van der Waals surface area (Å²) in [5.41, 5.74) is 2.68. The van der Waals surface area contributed by atoms with Gasteiger partial charge in [0.05, 0.1) is 40.9 Å². The Bertz CT molecular complexity index is 2020. The molecule has 11 heteroatoms. The number of hydrazone groups is 1. The highest BCUT2D eigenvalue weighted by atomic mass is 79.9. The molecule has 9 nitrogen and oxygen atoms in total. The monoisotopic (exact) mass is 670 g/mol. The van der Waals surface area contributed by atoms with Gasteiger partial charge in [0.15, 0.2) is 4.80 Å². The maximum absolute atomic E-state index is 14.3. The Hall–Kier alpha value is -4.61. The first-order chi connectivity index (χ1) is 21.3. The normalized spacial score (nSPS) is 18.2. The van der Waals surface area contributed by atoms with Crippen LogP contribution in [0.2, 0.25) is 0 Å². The molecular formula is C33H27BrN4O5S. The van der Waals surface area contributed by atoms with Gasteiger partial charge in [-0.25, -0.2) is 9.79 Å². The SMILES string of the molecule is CCOC(=O)C1=C(c2ccccc2)N=c2s/c(=C\[C@H]3C(=O)N(c4ccccc4)N=C3C)c(=O)n2[C@H]1c1cc(Br)ccc1OC. The number of methoxy groups -OCH3 is 1. The van der Waals surface area contributed by atoms with Gasteiger partial charge < -0.3 is 9.47 Å². The van der Waals surface area contributed by atoms with Gasteiger partial charge in [-0.15, -0.1) is 0 Å². The highest BCUT2D eigenvalue weighted by Crippen LogP contribution is 2.40. The summed E-state index contributed by atoms with van der Waals surface area (Å²) in [6.07, 6.45) is 1.64. The van der Waals surface area contributed by atoms with E-state index in [1.165, 1.54) is 16.7 Å². The number of carbonyl (C=O) groups is 2. The lowest BCUT2D eigenvalue weighted by Gasteiger charge is -2.27. The number of carbonyl (C=O) groups excluding carboxylic acids is 2. The van der Waals surface area contributed by atoms with Crippen LogP contribution >= 0.6 is 27.3 Å². The highest BCUT2D eigenvalue weighted by Gasteiger charge is 2.38. The van der Waals surface area contributed by atoms with Crippen molar-refractivity contribution < 1.29 is 19.1 Å². The summed E-state index contributed by atoms with van der Waals surface area (Å²) in [6, 6.07) is 22.9. The van der Waals surface area contributed by atoms with Crippen molar-refractivity contribution in [1.82, 2.24) is 4.57 Å². The zero-order valence-corrected chi connectivity index (χ0v) is 26.5. The molecule has 44 heavy (non-hydrogen) atoms. The average molecular weight is 672 g/mol. The lowest BCUT2D eigenvalue weighted by molar-refractivity contribution is -0.138. The summed E-state index contributed by atoms with van der Waals surface area (Å²) in [6.45, 7) is 3.63. The molecule has 0 saturated heterocycles. The van der Waals surface area contributed by atoms with Crippen LogP contribution in [-0.4, -0.2) is 35.9 Å². The number of hydrogen-bond donors (Lipinski definition) is 0. The maximum atomic E-state index is 14.3. The molecule has 0 bridgehead atoms. The number of halogens is 1. The van der Waals surface area contributed by atoms with Gasteiger partial charge in [-0.2, -0.15) is 10.1 Å². The van der Waals surface area contributed by atoms with Crippen molar-refractivity contribution in [3.63, 3.8) is 0 Å². The Labute approximate surface area is 265 Å². The third-order valence-electron chi connectivity index (χ3n) is 7.36. The van der Waals surface area contributed by atoms with Crippen molar-refractivity contribution in [3.8, 4) is 5.75 Å². The Kier molecular flexibility index (Phi) is 8.15. The van der Waals surface area contributed by atoms with Crippen LogP contribution in [-0.2, 0) is 14.3 Å².